The molecule has 0 aliphatic carbocycles. The van der Waals surface area contributed by atoms with E-state index in [0.717, 1.165) is 7.11 Å². The molecule has 2 rings (SSSR count). The first-order valence-corrected chi connectivity index (χ1v) is 7.66. The molecular weight excluding hydrogens is 356 g/mol. The van der Waals surface area contributed by atoms with Crippen LogP contribution < -0.4 is 20.3 Å². The zero-order chi connectivity index (χ0) is 20.0. The van der Waals surface area contributed by atoms with Crippen molar-refractivity contribution in [3.05, 3.63) is 53.6 Å². The SMILES string of the molecule is COOc1cccc(C(=O)N(C)c2ccc(C(N)=O)cc2)c1OC(=O)OC. The summed E-state index contributed by atoms with van der Waals surface area (Å²) in [5, 5.41) is 0. The molecule has 0 spiro atoms. The zero-order valence-electron chi connectivity index (χ0n) is 14.9. The molecule has 0 aliphatic heterocycles. The summed E-state index contributed by atoms with van der Waals surface area (Å²) in [6.45, 7) is 0. The summed E-state index contributed by atoms with van der Waals surface area (Å²) in [6.07, 6.45) is -1.02. The second-order valence-corrected chi connectivity index (χ2v) is 5.21. The molecule has 9 heteroatoms. The number of ether oxygens (including phenoxy) is 2. The van der Waals surface area contributed by atoms with Crippen LogP contribution in [0.2, 0.25) is 0 Å². The summed E-state index contributed by atoms with van der Waals surface area (Å²) in [6, 6.07) is 10.6. The van der Waals surface area contributed by atoms with Gasteiger partial charge in [-0.1, -0.05) is 6.07 Å². The highest BCUT2D eigenvalue weighted by molar-refractivity contribution is 6.08. The number of nitrogens with two attached hydrogens (primary N) is 1. The van der Waals surface area contributed by atoms with Gasteiger partial charge < -0.3 is 25.0 Å². The Hall–Kier alpha value is -3.59. The van der Waals surface area contributed by atoms with Crippen molar-refractivity contribution < 1.29 is 33.6 Å². The Labute approximate surface area is 155 Å². The molecule has 142 valence electrons. The van der Waals surface area contributed by atoms with Gasteiger partial charge in [-0.25, -0.2) is 4.79 Å². The van der Waals surface area contributed by atoms with Gasteiger partial charge in [-0.05, 0) is 36.4 Å². The van der Waals surface area contributed by atoms with Crippen molar-refractivity contribution in [2.24, 2.45) is 5.73 Å². The molecule has 0 radical (unpaired) electrons. The number of anilines is 1. The number of rotatable bonds is 6. The van der Waals surface area contributed by atoms with Crippen LogP contribution in [0.3, 0.4) is 0 Å². The minimum Gasteiger partial charge on any atom is -0.437 e. The number of primary amides is 1. The average molecular weight is 374 g/mol. The molecule has 2 aromatic rings. The monoisotopic (exact) mass is 374 g/mol. The third-order valence-corrected chi connectivity index (χ3v) is 3.58. The molecule has 0 saturated heterocycles. The molecule has 0 saturated carbocycles. The van der Waals surface area contributed by atoms with E-state index in [1.165, 1.54) is 49.4 Å². The first-order valence-electron chi connectivity index (χ1n) is 7.66. The molecular formula is C18H18N2O7. The van der Waals surface area contributed by atoms with Gasteiger partial charge in [0.1, 0.15) is 0 Å². The minimum atomic E-state index is -1.02. The Morgan fingerprint density at radius 2 is 1.67 bits per heavy atom. The maximum absolute atomic E-state index is 12.9. The quantitative estimate of drug-likeness (QED) is 0.356. The van der Waals surface area contributed by atoms with Crippen molar-refractivity contribution >= 4 is 23.7 Å². The van der Waals surface area contributed by atoms with Gasteiger partial charge in [-0.2, -0.15) is 4.89 Å². The summed E-state index contributed by atoms with van der Waals surface area (Å²) in [7, 11) is 3.92. The van der Waals surface area contributed by atoms with Crippen LogP contribution in [0.15, 0.2) is 42.5 Å². The molecule has 0 bridgehead atoms. The van der Waals surface area contributed by atoms with Gasteiger partial charge in [0.05, 0.1) is 19.8 Å². The van der Waals surface area contributed by atoms with Gasteiger partial charge in [0.2, 0.25) is 11.7 Å². The standard InChI is InChI=1S/C18H18N2O7/c1-20(12-9-7-11(8-10-12)16(19)21)17(22)13-5-4-6-14(27-25-3)15(13)26-18(23)24-2/h4-10H,1-3H3,(H2,19,21). The van der Waals surface area contributed by atoms with Crippen LogP contribution in [0.25, 0.3) is 0 Å². The van der Waals surface area contributed by atoms with Crippen molar-refractivity contribution in [2.75, 3.05) is 26.2 Å². The molecule has 0 aromatic heterocycles. The van der Waals surface area contributed by atoms with Crippen LogP contribution in [-0.2, 0) is 9.62 Å². The topological polar surface area (TPSA) is 117 Å². The maximum Gasteiger partial charge on any atom is 0.513 e. The molecule has 27 heavy (non-hydrogen) atoms. The summed E-state index contributed by atoms with van der Waals surface area (Å²) in [5.74, 6) is -1.21. The van der Waals surface area contributed by atoms with E-state index in [0.29, 0.717) is 11.3 Å². The largest absolute Gasteiger partial charge is 0.513 e. The molecule has 0 fully saturated rings. The molecule has 0 heterocycles. The smallest absolute Gasteiger partial charge is 0.437 e. The number of hydrogen-bond donors (Lipinski definition) is 1. The number of benzene rings is 2. The summed E-state index contributed by atoms with van der Waals surface area (Å²) in [5.41, 5.74) is 6.05. The lowest BCUT2D eigenvalue weighted by atomic mass is 10.1. The Bertz CT molecular complexity index is 849. The Kier molecular flexibility index (Phi) is 6.34. The second-order valence-electron chi connectivity index (χ2n) is 5.21. The number of methoxy groups -OCH3 is 1. The van der Waals surface area contributed by atoms with E-state index < -0.39 is 18.0 Å². The predicted octanol–water partition coefficient (Wildman–Crippen LogP) is 2.15. The average Bonchev–Trinajstić information content (AvgIpc) is 2.68. The van der Waals surface area contributed by atoms with Crippen LogP contribution >= 0.6 is 0 Å². The molecule has 0 aliphatic rings. The van der Waals surface area contributed by atoms with Crippen LogP contribution in [-0.4, -0.2) is 39.2 Å². The summed E-state index contributed by atoms with van der Waals surface area (Å²) < 4.78 is 9.54. The highest BCUT2D eigenvalue weighted by atomic mass is 17.2. The lowest BCUT2D eigenvalue weighted by Crippen LogP contribution is -2.27. The second kappa shape index (κ2) is 8.68. The fourth-order valence-electron chi connectivity index (χ4n) is 2.22. The van der Waals surface area contributed by atoms with E-state index in [1.54, 1.807) is 12.1 Å². The van der Waals surface area contributed by atoms with Crippen molar-refractivity contribution in [2.45, 2.75) is 0 Å². The van der Waals surface area contributed by atoms with Crippen molar-refractivity contribution in [3.8, 4) is 11.5 Å². The third-order valence-electron chi connectivity index (χ3n) is 3.58. The number of nitrogens with zero attached hydrogens (tertiary/aromatic N) is 1. The third kappa shape index (κ3) is 4.53. The fourth-order valence-corrected chi connectivity index (χ4v) is 2.22. The normalized spacial score (nSPS) is 10.0. The van der Waals surface area contributed by atoms with Gasteiger partial charge in [0.15, 0.2) is 5.75 Å². The molecule has 2 aromatic carbocycles. The van der Waals surface area contributed by atoms with Crippen molar-refractivity contribution in [1.29, 1.82) is 0 Å². The molecule has 0 unspecified atom stereocenters. The molecule has 2 amide bonds. The first-order chi connectivity index (χ1) is 12.9. The van der Waals surface area contributed by atoms with E-state index in [2.05, 4.69) is 9.62 Å². The van der Waals surface area contributed by atoms with Gasteiger partial charge in [0.25, 0.3) is 5.91 Å². The molecule has 9 nitrogen and oxygen atoms in total. The fraction of sp³-hybridized carbons (Fsp3) is 0.167. The maximum atomic E-state index is 12.9. The van der Waals surface area contributed by atoms with Crippen LogP contribution in [0.5, 0.6) is 11.5 Å². The lowest BCUT2D eigenvalue weighted by molar-refractivity contribution is -0.179. The Morgan fingerprint density at radius 3 is 2.22 bits per heavy atom. The van der Waals surface area contributed by atoms with Gasteiger partial charge >= 0.3 is 6.16 Å². The van der Waals surface area contributed by atoms with Crippen LogP contribution in [0.4, 0.5) is 10.5 Å². The summed E-state index contributed by atoms with van der Waals surface area (Å²) in [4.78, 5) is 46.5. The number of hydrogen-bond acceptors (Lipinski definition) is 7. The minimum absolute atomic E-state index is 0.0197. The van der Waals surface area contributed by atoms with Crippen molar-refractivity contribution in [1.82, 2.24) is 0 Å². The lowest BCUT2D eigenvalue weighted by Gasteiger charge is -2.20. The number of para-hydroxylation sites is 1. The number of carbonyl (C=O) groups excluding carboxylic acids is 3. The highest BCUT2D eigenvalue weighted by Gasteiger charge is 2.24. The highest BCUT2D eigenvalue weighted by Crippen LogP contribution is 2.33. The van der Waals surface area contributed by atoms with Gasteiger partial charge in [-0.3, -0.25) is 9.59 Å². The van der Waals surface area contributed by atoms with E-state index in [4.69, 9.17) is 15.4 Å². The van der Waals surface area contributed by atoms with Gasteiger partial charge in [0, 0.05) is 18.3 Å². The van der Waals surface area contributed by atoms with E-state index in [-0.39, 0.29) is 17.1 Å². The Balaban J connectivity index is 2.39. The number of amides is 2. The van der Waals surface area contributed by atoms with Crippen molar-refractivity contribution in [3.63, 3.8) is 0 Å². The first kappa shape index (κ1) is 19.7. The van der Waals surface area contributed by atoms with Gasteiger partial charge in [-0.15, -0.1) is 0 Å². The van der Waals surface area contributed by atoms with Crippen LogP contribution in [0, 0.1) is 0 Å². The number of carbonyl (C=O) groups is 3. The van der Waals surface area contributed by atoms with Crippen LogP contribution in [0.1, 0.15) is 20.7 Å². The predicted molar refractivity (Wildman–Crippen MR) is 94.8 cm³/mol. The molecule has 0 atom stereocenters. The summed E-state index contributed by atoms with van der Waals surface area (Å²) >= 11 is 0. The van der Waals surface area contributed by atoms with E-state index in [9.17, 15) is 14.4 Å². The van der Waals surface area contributed by atoms with E-state index >= 15 is 0 Å². The zero-order valence-corrected chi connectivity index (χ0v) is 14.9. The van der Waals surface area contributed by atoms with E-state index in [1.807, 2.05) is 0 Å². The Morgan fingerprint density at radius 1 is 1.00 bits per heavy atom. The molecule has 2 N–H and O–H groups in total.